The molecule has 0 saturated heterocycles. The summed E-state index contributed by atoms with van der Waals surface area (Å²) in [5, 5.41) is 11.4. The zero-order valence-corrected chi connectivity index (χ0v) is 23.4. The number of hydrogen-bond acceptors (Lipinski definition) is 8. The average molecular weight is 558 g/mol. The van der Waals surface area contributed by atoms with Crippen LogP contribution in [0.5, 0.6) is 0 Å². The Labute approximate surface area is 233 Å². The van der Waals surface area contributed by atoms with Crippen molar-refractivity contribution >= 4 is 29.1 Å². The van der Waals surface area contributed by atoms with E-state index in [1.165, 1.54) is 29.1 Å². The van der Waals surface area contributed by atoms with Crippen LogP contribution in [-0.2, 0) is 9.53 Å². The Balaban J connectivity index is 1.61. The average Bonchev–Trinajstić information content (AvgIpc) is 3.52. The molecule has 9 nitrogen and oxygen atoms in total. The Morgan fingerprint density at radius 2 is 1.88 bits per heavy atom. The minimum absolute atomic E-state index is 0.00182. The van der Waals surface area contributed by atoms with Crippen molar-refractivity contribution in [3.05, 3.63) is 118 Å². The first-order valence-electron chi connectivity index (χ1n) is 12.6. The first kappa shape index (κ1) is 27.0. The van der Waals surface area contributed by atoms with E-state index in [1.54, 1.807) is 44.2 Å². The summed E-state index contributed by atoms with van der Waals surface area (Å²) in [6.07, 6.45) is 1.62. The summed E-state index contributed by atoms with van der Waals surface area (Å²) in [6.45, 7) is 7.61. The maximum atomic E-state index is 13.8. The van der Waals surface area contributed by atoms with E-state index in [2.05, 4.69) is 18.8 Å². The van der Waals surface area contributed by atoms with Gasteiger partial charge in [-0.1, -0.05) is 61.6 Å². The van der Waals surface area contributed by atoms with Crippen LogP contribution < -0.4 is 14.9 Å². The minimum Gasteiger partial charge on any atom is -0.466 e. The molecule has 4 aromatic rings. The maximum Gasteiger partial charge on any atom is 0.338 e. The van der Waals surface area contributed by atoms with E-state index in [0.29, 0.717) is 49.2 Å². The van der Waals surface area contributed by atoms with E-state index in [9.17, 15) is 19.7 Å². The van der Waals surface area contributed by atoms with Gasteiger partial charge in [0.05, 0.1) is 33.9 Å². The fraction of sp³-hybridized carbons (Fsp3) is 0.233. The molecule has 0 N–H and O–H groups in total. The van der Waals surface area contributed by atoms with Gasteiger partial charge in [-0.2, -0.15) is 0 Å². The fourth-order valence-corrected chi connectivity index (χ4v) is 5.77. The van der Waals surface area contributed by atoms with Crippen LogP contribution in [0.4, 0.5) is 5.69 Å². The highest BCUT2D eigenvalue weighted by Crippen LogP contribution is 2.32. The zero-order valence-electron chi connectivity index (χ0n) is 22.6. The topological polar surface area (TPSA) is 117 Å². The highest BCUT2D eigenvalue weighted by atomic mass is 32.1. The number of nitro groups is 1. The molecule has 1 aliphatic rings. The van der Waals surface area contributed by atoms with Gasteiger partial charge in [-0.15, -0.1) is 0 Å². The number of methoxy groups -OCH3 is 1. The lowest BCUT2D eigenvalue weighted by atomic mass is 9.93. The van der Waals surface area contributed by atoms with Crippen molar-refractivity contribution in [2.45, 2.75) is 39.7 Å². The van der Waals surface area contributed by atoms with Crippen molar-refractivity contribution in [1.82, 2.24) is 4.57 Å². The van der Waals surface area contributed by atoms with E-state index < -0.39 is 16.9 Å². The van der Waals surface area contributed by atoms with Crippen LogP contribution in [0.3, 0.4) is 0 Å². The third kappa shape index (κ3) is 4.82. The second-order valence-electron chi connectivity index (χ2n) is 9.86. The Morgan fingerprint density at radius 1 is 1.15 bits per heavy atom. The molecule has 3 heterocycles. The Bertz CT molecular complexity index is 1860. The normalized spacial score (nSPS) is 15.2. The van der Waals surface area contributed by atoms with Crippen LogP contribution in [0, 0.1) is 17.0 Å². The largest absolute Gasteiger partial charge is 0.466 e. The van der Waals surface area contributed by atoms with Crippen molar-refractivity contribution in [1.29, 1.82) is 0 Å². The number of allylic oxidation sites excluding steroid dienone is 1. The molecule has 0 spiro atoms. The SMILES string of the molecule is COC(=O)C1=C(C)N=c2s/c(=C\c3ccc(-c4ccc(C)c([N+](=O)[O-])c4)o3)c(=O)n2C1c1ccc(C(C)C)cc1. The number of benzene rings is 2. The second-order valence-corrected chi connectivity index (χ2v) is 10.9. The van der Waals surface area contributed by atoms with Crippen LogP contribution in [0.15, 0.2) is 80.1 Å². The summed E-state index contributed by atoms with van der Waals surface area (Å²) in [5.74, 6) is 0.633. The molecule has 0 amide bonds. The van der Waals surface area contributed by atoms with E-state index in [4.69, 9.17) is 9.15 Å². The third-order valence-corrected chi connectivity index (χ3v) is 7.92. The molecule has 1 atom stereocenters. The Kier molecular flexibility index (Phi) is 7.12. The van der Waals surface area contributed by atoms with E-state index in [1.807, 2.05) is 24.3 Å². The number of ether oxygens (including phenoxy) is 1. The number of rotatable bonds is 6. The molecule has 0 radical (unpaired) electrons. The number of fused-ring (bicyclic) bond motifs is 1. The number of aryl methyl sites for hydroxylation is 1. The van der Waals surface area contributed by atoms with Crippen LogP contribution in [0.2, 0.25) is 0 Å². The maximum absolute atomic E-state index is 13.8. The minimum atomic E-state index is -0.702. The monoisotopic (exact) mass is 557 g/mol. The first-order chi connectivity index (χ1) is 19.1. The molecule has 0 fully saturated rings. The highest BCUT2D eigenvalue weighted by molar-refractivity contribution is 7.07. The molecule has 40 heavy (non-hydrogen) atoms. The molecule has 1 aliphatic heterocycles. The van der Waals surface area contributed by atoms with Gasteiger partial charge in [0.25, 0.3) is 11.2 Å². The van der Waals surface area contributed by atoms with Crippen molar-refractivity contribution in [2.24, 2.45) is 4.99 Å². The van der Waals surface area contributed by atoms with Gasteiger partial charge >= 0.3 is 5.97 Å². The highest BCUT2D eigenvalue weighted by Gasteiger charge is 2.33. The van der Waals surface area contributed by atoms with E-state index >= 15 is 0 Å². The van der Waals surface area contributed by atoms with Gasteiger partial charge in [0.1, 0.15) is 11.5 Å². The molecule has 2 aromatic carbocycles. The van der Waals surface area contributed by atoms with Crippen molar-refractivity contribution in [3.8, 4) is 11.3 Å². The summed E-state index contributed by atoms with van der Waals surface area (Å²) in [5.41, 5.74) is 3.50. The predicted molar refractivity (Wildman–Crippen MR) is 152 cm³/mol. The van der Waals surface area contributed by atoms with Gasteiger partial charge in [0, 0.05) is 23.3 Å². The molecule has 0 aliphatic carbocycles. The lowest BCUT2D eigenvalue weighted by Crippen LogP contribution is -2.39. The van der Waals surface area contributed by atoms with Gasteiger partial charge in [-0.3, -0.25) is 19.5 Å². The predicted octanol–water partition coefficient (Wildman–Crippen LogP) is 5.01. The quantitative estimate of drug-likeness (QED) is 0.187. The van der Waals surface area contributed by atoms with Gasteiger partial charge in [-0.05, 0) is 43.0 Å². The lowest BCUT2D eigenvalue weighted by molar-refractivity contribution is -0.385. The number of thiazole rings is 1. The summed E-state index contributed by atoms with van der Waals surface area (Å²) in [6, 6.07) is 15.4. The van der Waals surface area contributed by atoms with Crippen LogP contribution in [-0.4, -0.2) is 22.6 Å². The lowest BCUT2D eigenvalue weighted by Gasteiger charge is -2.24. The molecular weight excluding hydrogens is 530 g/mol. The summed E-state index contributed by atoms with van der Waals surface area (Å²) < 4.78 is 12.9. The molecule has 0 saturated carbocycles. The zero-order chi connectivity index (χ0) is 28.7. The first-order valence-corrected chi connectivity index (χ1v) is 13.5. The number of nitrogens with zero attached hydrogens (tertiary/aromatic N) is 3. The van der Waals surface area contributed by atoms with E-state index in [0.717, 1.165) is 11.1 Å². The number of aromatic nitrogens is 1. The Hall–Kier alpha value is -4.57. The van der Waals surface area contributed by atoms with Gasteiger partial charge in [-0.25, -0.2) is 9.79 Å². The van der Waals surface area contributed by atoms with Gasteiger partial charge in [0.15, 0.2) is 4.80 Å². The van der Waals surface area contributed by atoms with Gasteiger partial charge in [0.2, 0.25) is 0 Å². The summed E-state index contributed by atoms with van der Waals surface area (Å²) in [7, 11) is 1.31. The standard InChI is InChI=1S/C30H27N3O6S/c1-16(2)19-8-10-20(11-9-19)27-26(29(35)38-5)18(4)31-30-32(27)28(34)25(40-30)15-22-12-13-24(39-22)21-7-6-17(3)23(14-21)33(36)37/h6-16,27H,1-5H3/b25-15-. The Morgan fingerprint density at radius 3 is 2.52 bits per heavy atom. The molecule has 5 rings (SSSR count). The van der Waals surface area contributed by atoms with Crippen molar-refractivity contribution in [2.75, 3.05) is 7.11 Å². The molecule has 2 aromatic heterocycles. The molecule has 1 unspecified atom stereocenters. The molecule has 204 valence electrons. The molecular formula is C30H27N3O6S. The fourth-order valence-electron chi connectivity index (χ4n) is 4.75. The number of hydrogen-bond donors (Lipinski definition) is 0. The number of furan rings is 1. The van der Waals surface area contributed by atoms with E-state index in [-0.39, 0.29) is 11.2 Å². The van der Waals surface area contributed by atoms with Gasteiger partial charge < -0.3 is 9.15 Å². The summed E-state index contributed by atoms with van der Waals surface area (Å²) in [4.78, 5) is 42.6. The van der Waals surface area contributed by atoms with Crippen LogP contribution >= 0.6 is 11.3 Å². The second kappa shape index (κ2) is 10.5. The number of nitro benzene ring substituents is 1. The van der Waals surface area contributed by atoms with Crippen LogP contribution in [0.25, 0.3) is 17.4 Å². The smallest absolute Gasteiger partial charge is 0.338 e. The van der Waals surface area contributed by atoms with Crippen LogP contribution in [0.1, 0.15) is 55.2 Å². The third-order valence-electron chi connectivity index (χ3n) is 6.94. The molecule has 0 bridgehead atoms. The number of carbonyl (C=O) groups is 1. The van der Waals surface area contributed by atoms with Crippen molar-refractivity contribution in [3.63, 3.8) is 0 Å². The van der Waals surface area contributed by atoms with Crippen molar-refractivity contribution < 1.29 is 18.9 Å². The number of esters is 1. The number of carbonyl (C=O) groups excluding carboxylic acids is 1. The molecule has 10 heteroatoms. The summed E-state index contributed by atoms with van der Waals surface area (Å²) >= 11 is 1.19.